The highest BCUT2D eigenvalue weighted by Gasteiger charge is 2.23. The van der Waals surface area contributed by atoms with Gasteiger partial charge in [-0.15, -0.1) is 0 Å². The molecule has 0 saturated heterocycles. The standard InChI is InChI=1S/C55H107N2O6P/c1-6-8-10-12-14-16-18-19-20-21-22-23-24-25-26-27-28-29-30-31-32-33-34-35-36-37-38-39-40-42-44-46-48-54(58)53(52-63-64(60,61)62-51-50-57(3,4)5)56-55(59)49-47-45-43-41-17-15-13-11-9-7-2/h11,13,39-40,46,48,53-54,58H,6-10,12,14-38,41-45,47,49-52H2,1-5H3,(H-,56,59,60,61)/b13-11-,40-39+,48-46+. The van der Waals surface area contributed by atoms with Gasteiger partial charge in [-0.05, 0) is 51.4 Å². The first kappa shape index (κ1) is 62.7. The molecule has 3 atom stereocenters. The van der Waals surface area contributed by atoms with E-state index in [9.17, 15) is 19.4 Å². The summed E-state index contributed by atoms with van der Waals surface area (Å²) in [5.74, 6) is -0.218. The number of rotatable bonds is 50. The molecule has 0 fully saturated rings. The summed E-state index contributed by atoms with van der Waals surface area (Å²) in [7, 11) is 1.24. The summed E-state index contributed by atoms with van der Waals surface area (Å²) in [6, 6.07) is -0.906. The van der Waals surface area contributed by atoms with Crippen LogP contribution in [0.2, 0.25) is 0 Å². The third-order valence-corrected chi connectivity index (χ3v) is 13.3. The summed E-state index contributed by atoms with van der Waals surface area (Å²) in [5, 5.41) is 13.8. The average molecular weight is 923 g/mol. The van der Waals surface area contributed by atoms with Crippen LogP contribution < -0.4 is 10.2 Å². The molecule has 0 aromatic carbocycles. The third-order valence-electron chi connectivity index (χ3n) is 12.3. The predicted octanol–water partition coefficient (Wildman–Crippen LogP) is 15.6. The quantitative estimate of drug-likeness (QED) is 0.0272. The van der Waals surface area contributed by atoms with Crippen LogP contribution in [0.5, 0.6) is 0 Å². The van der Waals surface area contributed by atoms with Crippen molar-refractivity contribution in [3.8, 4) is 0 Å². The van der Waals surface area contributed by atoms with E-state index in [1.54, 1.807) is 6.08 Å². The van der Waals surface area contributed by atoms with Crippen LogP contribution in [0, 0.1) is 0 Å². The van der Waals surface area contributed by atoms with Crippen LogP contribution in [0.1, 0.15) is 258 Å². The number of carbonyl (C=O) groups is 1. The van der Waals surface area contributed by atoms with Crippen molar-refractivity contribution < 1.29 is 32.9 Å². The van der Waals surface area contributed by atoms with Crippen LogP contribution in [0.3, 0.4) is 0 Å². The molecule has 0 radical (unpaired) electrons. The number of phosphoric acid groups is 1. The summed E-state index contributed by atoms with van der Waals surface area (Å²) in [5.41, 5.74) is 0. The summed E-state index contributed by atoms with van der Waals surface area (Å²) in [6.45, 7) is 4.57. The van der Waals surface area contributed by atoms with Crippen LogP contribution in [0.4, 0.5) is 0 Å². The Kier molecular flexibility index (Phi) is 45.9. The van der Waals surface area contributed by atoms with Gasteiger partial charge in [-0.3, -0.25) is 9.36 Å². The monoisotopic (exact) mass is 923 g/mol. The van der Waals surface area contributed by atoms with Gasteiger partial charge in [0.05, 0.1) is 39.9 Å². The minimum atomic E-state index is -4.60. The van der Waals surface area contributed by atoms with Gasteiger partial charge in [-0.1, -0.05) is 237 Å². The van der Waals surface area contributed by atoms with E-state index in [-0.39, 0.29) is 12.5 Å². The fraction of sp³-hybridized carbons (Fsp3) is 0.873. The molecular weight excluding hydrogens is 816 g/mol. The highest BCUT2D eigenvalue weighted by Crippen LogP contribution is 2.38. The highest BCUT2D eigenvalue weighted by molar-refractivity contribution is 7.45. The van der Waals surface area contributed by atoms with Crippen LogP contribution in [-0.4, -0.2) is 68.5 Å². The number of unbranched alkanes of at least 4 members (excludes halogenated alkanes) is 33. The number of nitrogens with zero attached hydrogens (tertiary/aromatic N) is 1. The lowest BCUT2D eigenvalue weighted by atomic mass is 10.0. The van der Waals surface area contributed by atoms with E-state index in [0.717, 1.165) is 64.2 Å². The number of amides is 1. The number of quaternary nitrogens is 1. The van der Waals surface area contributed by atoms with E-state index in [1.165, 1.54) is 173 Å². The van der Waals surface area contributed by atoms with E-state index in [1.807, 2.05) is 27.2 Å². The maximum Gasteiger partial charge on any atom is 0.268 e. The zero-order chi connectivity index (χ0) is 47.1. The second-order valence-electron chi connectivity index (χ2n) is 19.9. The number of carbonyl (C=O) groups excluding carboxylic acids is 1. The molecule has 0 aliphatic heterocycles. The van der Waals surface area contributed by atoms with Gasteiger partial charge in [0.25, 0.3) is 7.82 Å². The Morgan fingerprint density at radius 2 is 0.906 bits per heavy atom. The highest BCUT2D eigenvalue weighted by atomic mass is 31.2. The molecule has 0 spiro atoms. The molecule has 3 unspecified atom stereocenters. The molecule has 1 amide bonds. The lowest BCUT2D eigenvalue weighted by Gasteiger charge is -2.29. The van der Waals surface area contributed by atoms with E-state index >= 15 is 0 Å². The fourth-order valence-electron chi connectivity index (χ4n) is 8.00. The van der Waals surface area contributed by atoms with Crippen molar-refractivity contribution in [3.63, 3.8) is 0 Å². The van der Waals surface area contributed by atoms with Crippen molar-refractivity contribution in [2.75, 3.05) is 40.9 Å². The molecular formula is C55H107N2O6P. The van der Waals surface area contributed by atoms with E-state index < -0.39 is 26.6 Å². The molecule has 0 aliphatic rings. The van der Waals surface area contributed by atoms with Gasteiger partial charge in [0.15, 0.2) is 0 Å². The van der Waals surface area contributed by atoms with E-state index in [4.69, 9.17) is 9.05 Å². The smallest absolute Gasteiger partial charge is 0.268 e. The van der Waals surface area contributed by atoms with Gasteiger partial charge in [0.1, 0.15) is 13.2 Å². The van der Waals surface area contributed by atoms with Gasteiger partial charge in [0.2, 0.25) is 5.91 Å². The number of aliphatic hydroxyl groups excluding tert-OH is 1. The van der Waals surface area contributed by atoms with Crippen molar-refractivity contribution in [1.29, 1.82) is 0 Å². The van der Waals surface area contributed by atoms with E-state index in [0.29, 0.717) is 17.4 Å². The minimum absolute atomic E-state index is 0.00793. The van der Waals surface area contributed by atoms with Gasteiger partial charge < -0.3 is 28.8 Å². The average Bonchev–Trinajstić information content (AvgIpc) is 3.25. The number of nitrogens with one attached hydrogen (secondary N) is 1. The van der Waals surface area contributed by atoms with Crippen LogP contribution in [0.15, 0.2) is 36.5 Å². The molecule has 9 heteroatoms. The van der Waals surface area contributed by atoms with Gasteiger partial charge >= 0.3 is 0 Å². The van der Waals surface area contributed by atoms with Crippen LogP contribution in [-0.2, 0) is 18.4 Å². The SMILES string of the molecule is CCC/C=C\CCCCCCCC(=O)NC(COP(=O)([O-])OCC[N+](C)(C)C)C(O)/C=C/CC/C=C/CCCCCCCCCCCCCCCCCCCCCCCCCCCC. The minimum Gasteiger partial charge on any atom is -0.756 e. The van der Waals surface area contributed by atoms with Gasteiger partial charge in [-0.25, -0.2) is 0 Å². The number of hydrogen-bond donors (Lipinski definition) is 2. The Morgan fingerprint density at radius 3 is 1.33 bits per heavy atom. The molecule has 378 valence electrons. The molecule has 0 bridgehead atoms. The fourth-order valence-corrected chi connectivity index (χ4v) is 8.72. The normalized spacial score (nSPS) is 14.3. The van der Waals surface area contributed by atoms with Gasteiger partial charge in [0, 0.05) is 6.42 Å². The molecule has 0 aromatic heterocycles. The van der Waals surface area contributed by atoms with Gasteiger partial charge in [-0.2, -0.15) is 0 Å². The lowest BCUT2D eigenvalue weighted by molar-refractivity contribution is -0.870. The Morgan fingerprint density at radius 1 is 0.531 bits per heavy atom. The first-order valence-corrected chi connectivity index (χ1v) is 28.8. The third kappa shape index (κ3) is 48.6. The van der Waals surface area contributed by atoms with Crippen molar-refractivity contribution in [2.45, 2.75) is 270 Å². The first-order chi connectivity index (χ1) is 31.0. The number of hydrogen-bond acceptors (Lipinski definition) is 6. The molecule has 0 saturated carbocycles. The molecule has 0 aliphatic carbocycles. The molecule has 2 N–H and O–H groups in total. The van der Waals surface area contributed by atoms with Crippen molar-refractivity contribution in [2.24, 2.45) is 0 Å². The zero-order valence-electron chi connectivity index (χ0n) is 43.0. The number of phosphoric ester groups is 1. The van der Waals surface area contributed by atoms with Crippen molar-refractivity contribution >= 4 is 13.7 Å². The predicted molar refractivity (Wildman–Crippen MR) is 275 cm³/mol. The van der Waals surface area contributed by atoms with Crippen LogP contribution in [0.25, 0.3) is 0 Å². The summed E-state index contributed by atoms with van der Waals surface area (Å²) in [6.07, 6.45) is 59.7. The topological polar surface area (TPSA) is 108 Å². The van der Waals surface area contributed by atoms with Crippen molar-refractivity contribution in [3.05, 3.63) is 36.5 Å². The zero-order valence-corrected chi connectivity index (χ0v) is 43.9. The first-order valence-electron chi connectivity index (χ1n) is 27.4. The Balaban J connectivity index is 4.05. The number of allylic oxidation sites excluding steroid dienone is 5. The summed E-state index contributed by atoms with van der Waals surface area (Å²) < 4.78 is 23.2. The van der Waals surface area contributed by atoms with E-state index in [2.05, 4.69) is 43.5 Å². The Labute approximate surface area is 397 Å². The molecule has 64 heavy (non-hydrogen) atoms. The molecule has 0 aromatic rings. The maximum absolute atomic E-state index is 12.8. The summed E-state index contributed by atoms with van der Waals surface area (Å²) in [4.78, 5) is 25.3. The van der Waals surface area contributed by atoms with Crippen molar-refractivity contribution in [1.82, 2.24) is 5.32 Å². The number of likely N-dealkylation sites (N-methyl/N-ethyl adjacent to an activating group) is 1. The maximum atomic E-state index is 12.8. The van der Waals surface area contributed by atoms with Crippen LogP contribution >= 0.6 is 7.82 Å². The molecule has 8 nitrogen and oxygen atoms in total. The lowest BCUT2D eigenvalue weighted by Crippen LogP contribution is -2.45. The Bertz CT molecular complexity index is 1140. The summed E-state index contributed by atoms with van der Waals surface area (Å²) >= 11 is 0. The number of aliphatic hydroxyl groups is 1. The second kappa shape index (κ2) is 46.8. The molecule has 0 rings (SSSR count). The Hall–Kier alpha value is -1.28. The molecule has 0 heterocycles. The largest absolute Gasteiger partial charge is 0.756 e. The second-order valence-corrected chi connectivity index (χ2v) is 21.3.